The molecule has 2 aliphatic carbocycles. The molecule has 2 bridgehead atoms. The standard InChI is InChI=1S/C11H18/c1-2-5-11-7-3-6-10(4-1)8-9-11/h4,10H,1-3,5-9H2. The summed E-state index contributed by atoms with van der Waals surface area (Å²) in [6.07, 6.45) is 14.1. The van der Waals surface area contributed by atoms with Crippen LogP contribution in [0.3, 0.4) is 0 Å². The second-order valence-electron chi connectivity index (χ2n) is 4.07. The Bertz CT molecular complexity index is 99.2. The highest BCUT2D eigenvalue weighted by molar-refractivity contribution is 4.97. The molecule has 0 N–H and O–H groups in total. The minimum atomic E-state index is 0.979. The van der Waals surface area contributed by atoms with Gasteiger partial charge in [-0.1, -0.05) is 19.3 Å². The van der Waals surface area contributed by atoms with Crippen molar-refractivity contribution < 1.29 is 0 Å². The maximum atomic E-state index is 2.59. The number of rotatable bonds is 0. The quantitative estimate of drug-likeness (QED) is 0.495. The molecule has 0 aliphatic heterocycles. The van der Waals surface area contributed by atoms with Crippen LogP contribution in [-0.4, -0.2) is 0 Å². The second kappa shape index (κ2) is 3.60. The third kappa shape index (κ3) is 1.98. The molecule has 0 aromatic heterocycles. The molecule has 0 spiro atoms. The highest BCUT2D eigenvalue weighted by Gasteiger charge is 2.21. The Morgan fingerprint density at radius 3 is 2.91 bits per heavy atom. The van der Waals surface area contributed by atoms with Gasteiger partial charge in [-0.25, -0.2) is 0 Å². The first-order valence-corrected chi connectivity index (χ1v) is 5.12. The lowest BCUT2D eigenvalue weighted by Crippen LogP contribution is -2.04. The van der Waals surface area contributed by atoms with Crippen molar-refractivity contribution in [1.82, 2.24) is 0 Å². The highest BCUT2D eigenvalue weighted by Crippen LogP contribution is 2.36. The van der Waals surface area contributed by atoms with Gasteiger partial charge in [0.2, 0.25) is 0 Å². The summed E-state index contributed by atoms with van der Waals surface area (Å²) in [5.41, 5.74) is 0. The van der Waals surface area contributed by atoms with Crippen LogP contribution >= 0.6 is 0 Å². The van der Waals surface area contributed by atoms with Crippen LogP contribution in [0.4, 0.5) is 0 Å². The van der Waals surface area contributed by atoms with Crippen LogP contribution in [0.1, 0.15) is 51.4 Å². The largest absolute Gasteiger partial charge is 0.0525 e. The van der Waals surface area contributed by atoms with Gasteiger partial charge in [0.1, 0.15) is 0 Å². The van der Waals surface area contributed by atoms with E-state index in [0.717, 1.165) is 5.92 Å². The first-order chi connectivity index (χ1) is 5.45. The molecule has 2 rings (SSSR count). The monoisotopic (exact) mass is 150 g/mol. The van der Waals surface area contributed by atoms with Gasteiger partial charge >= 0.3 is 0 Å². The fraction of sp³-hybridized carbons (Fsp3) is 0.818. The normalized spacial score (nSPS) is 34.4. The van der Waals surface area contributed by atoms with Crippen LogP contribution in [0, 0.1) is 18.3 Å². The fourth-order valence-corrected chi connectivity index (χ4v) is 2.46. The Kier molecular flexibility index (Phi) is 2.50. The fourth-order valence-electron chi connectivity index (χ4n) is 2.46. The van der Waals surface area contributed by atoms with Gasteiger partial charge in [0, 0.05) is 0 Å². The molecule has 2 radical (unpaired) electrons. The molecule has 0 aromatic carbocycles. The van der Waals surface area contributed by atoms with Crippen LogP contribution in [0.15, 0.2) is 0 Å². The molecule has 0 aromatic rings. The van der Waals surface area contributed by atoms with Gasteiger partial charge in [-0.05, 0) is 50.4 Å². The molecule has 11 heavy (non-hydrogen) atoms. The predicted molar refractivity (Wildman–Crippen MR) is 48.0 cm³/mol. The van der Waals surface area contributed by atoms with E-state index >= 15 is 0 Å². The van der Waals surface area contributed by atoms with Gasteiger partial charge in [-0.3, -0.25) is 0 Å². The Hall–Kier alpha value is 0. The van der Waals surface area contributed by atoms with Crippen molar-refractivity contribution in [2.75, 3.05) is 0 Å². The molecule has 2 fully saturated rings. The summed E-state index contributed by atoms with van der Waals surface area (Å²) in [6.45, 7) is 0. The average Bonchev–Trinajstić information content (AvgIpc) is 2.11. The summed E-state index contributed by atoms with van der Waals surface area (Å²) in [4.78, 5) is 0. The topological polar surface area (TPSA) is 0 Å². The Balaban J connectivity index is 1.97. The molecule has 0 heterocycles. The minimum absolute atomic E-state index is 0.979. The van der Waals surface area contributed by atoms with Gasteiger partial charge in [-0.2, -0.15) is 0 Å². The average molecular weight is 150 g/mol. The Morgan fingerprint density at radius 2 is 1.91 bits per heavy atom. The molecular weight excluding hydrogens is 132 g/mol. The summed E-state index contributed by atoms with van der Waals surface area (Å²) in [5.74, 6) is 2.86. The van der Waals surface area contributed by atoms with Crippen molar-refractivity contribution in [3.8, 4) is 0 Å². The van der Waals surface area contributed by atoms with E-state index in [1.807, 2.05) is 5.92 Å². The molecule has 2 saturated carbocycles. The molecule has 1 unspecified atom stereocenters. The van der Waals surface area contributed by atoms with Crippen molar-refractivity contribution in [3.63, 3.8) is 0 Å². The summed E-state index contributed by atoms with van der Waals surface area (Å²) in [6, 6.07) is 0. The van der Waals surface area contributed by atoms with Crippen molar-refractivity contribution in [1.29, 1.82) is 0 Å². The molecule has 0 heteroatoms. The second-order valence-corrected chi connectivity index (χ2v) is 4.07. The predicted octanol–water partition coefficient (Wildman–Crippen LogP) is 3.53. The zero-order valence-corrected chi connectivity index (χ0v) is 7.31. The first kappa shape index (κ1) is 7.64. The highest BCUT2D eigenvalue weighted by atomic mass is 14.3. The third-order valence-electron chi connectivity index (χ3n) is 3.21. The Morgan fingerprint density at radius 1 is 1.00 bits per heavy atom. The summed E-state index contributed by atoms with van der Waals surface area (Å²) in [7, 11) is 0. The smallest absolute Gasteiger partial charge is 0.0241 e. The van der Waals surface area contributed by atoms with E-state index in [4.69, 9.17) is 0 Å². The van der Waals surface area contributed by atoms with Gasteiger partial charge < -0.3 is 0 Å². The molecule has 2 aliphatic rings. The van der Waals surface area contributed by atoms with E-state index in [1.165, 1.54) is 51.4 Å². The maximum Gasteiger partial charge on any atom is -0.0241 e. The van der Waals surface area contributed by atoms with E-state index in [9.17, 15) is 0 Å². The number of hydrogen-bond acceptors (Lipinski definition) is 0. The molecular formula is C11H18. The summed E-state index contributed by atoms with van der Waals surface area (Å²) >= 11 is 0. The number of fused-ring (bicyclic) bond motifs is 3. The van der Waals surface area contributed by atoms with Crippen LogP contribution in [0.2, 0.25) is 0 Å². The molecule has 62 valence electrons. The van der Waals surface area contributed by atoms with Crippen LogP contribution in [0.5, 0.6) is 0 Å². The molecule has 0 saturated heterocycles. The lowest BCUT2D eigenvalue weighted by atomic mass is 9.87. The van der Waals surface area contributed by atoms with E-state index in [-0.39, 0.29) is 0 Å². The van der Waals surface area contributed by atoms with Crippen LogP contribution < -0.4 is 0 Å². The SMILES string of the molecule is [CH]1CCC[C]2CCCC1CC2. The zero-order valence-electron chi connectivity index (χ0n) is 7.31. The van der Waals surface area contributed by atoms with E-state index in [2.05, 4.69) is 6.42 Å². The van der Waals surface area contributed by atoms with Crippen molar-refractivity contribution in [2.24, 2.45) is 5.92 Å². The van der Waals surface area contributed by atoms with Crippen molar-refractivity contribution in [2.45, 2.75) is 51.4 Å². The van der Waals surface area contributed by atoms with E-state index in [0.29, 0.717) is 0 Å². The van der Waals surface area contributed by atoms with E-state index < -0.39 is 0 Å². The van der Waals surface area contributed by atoms with Gasteiger partial charge in [0.25, 0.3) is 0 Å². The van der Waals surface area contributed by atoms with Gasteiger partial charge in [-0.15, -0.1) is 0 Å². The van der Waals surface area contributed by atoms with Gasteiger partial charge in [0.05, 0.1) is 0 Å². The van der Waals surface area contributed by atoms with Crippen molar-refractivity contribution in [3.05, 3.63) is 12.3 Å². The minimum Gasteiger partial charge on any atom is -0.0525 e. The third-order valence-corrected chi connectivity index (χ3v) is 3.21. The summed E-state index contributed by atoms with van der Waals surface area (Å²) in [5, 5.41) is 0. The summed E-state index contributed by atoms with van der Waals surface area (Å²) < 4.78 is 0. The lowest BCUT2D eigenvalue weighted by molar-refractivity contribution is 0.484. The molecule has 0 amide bonds. The molecule has 1 atom stereocenters. The van der Waals surface area contributed by atoms with Crippen LogP contribution in [-0.2, 0) is 0 Å². The van der Waals surface area contributed by atoms with E-state index in [1.54, 1.807) is 0 Å². The van der Waals surface area contributed by atoms with Gasteiger partial charge in [0.15, 0.2) is 0 Å². The Labute approximate surface area is 70.4 Å². The maximum absolute atomic E-state index is 2.59. The molecule has 0 nitrogen and oxygen atoms in total. The lowest BCUT2D eigenvalue weighted by Gasteiger charge is -2.18. The van der Waals surface area contributed by atoms with Crippen molar-refractivity contribution >= 4 is 0 Å². The van der Waals surface area contributed by atoms with Crippen LogP contribution in [0.25, 0.3) is 0 Å². The number of hydrogen-bond donors (Lipinski definition) is 0. The zero-order chi connectivity index (χ0) is 7.52. The first-order valence-electron chi connectivity index (χ1n) is 5.12.